The monoisotopic (exact) mass is 286 g/mol. The molecule has 1 heterocycles. The van der Waals surface area contributed by atoms with Crippen molar-refractivity contribution in [3.05, 3.63) is 11.8 Å². The molecule has 0 N–H and O–H groups in total. The molecule has 0 radical (unpaired) electrons. The van der Waals surface area contributed by atoms with Crippen LogP contribution >= 0.6 is 0 Å². The fourth-order valence-corrected chi connectivity index (χ4v) is 1.58. The highest BCUT2D eigenvalue weighted by atomic mass is 16.7. The van der Waals surface area contributed by atoms with Crippen LogP contribution in [0.3, 0.4) is 0 Å². The molecule has 0 aromatic carbocycles. The van der Waals surface area contributed by atoms with Crippen LogP contribution in [-0.4, -0.2) is 42.7 Å². The summed E-state index contributed by atoms with van der Waals surface area (Å²) in [6, 6.07) is 0. The van der Waals surface area contributed by atoms with Crippen molar-refractivity contribution in [2.75, 3.05) is 0 Å². The van der Waals surface area contributed by atoms with Gasteiger partial charge in [-0.25, -0.2) is 0 Å². The predicted molar refractivity (Wildman–Crippen MR) is 61.9 cm³/mol. The smallest absolute Gasteiger partial charge is 0.305 e. The lowest BCUT2D eigenvalue weighted by atomic mass is 10.1. The number of hydrogen-bond acceptors (Lipinski definition) is 8. The first-order valence-electron chi connectivity index (χ1n) is 5.68. The van der Waals surface area contributed by atoms with Crippen molar-refractivity contribution < 1.29 is 38.1 Å². The Balaban J connectivity index is 3.05. The van der Waals surface area contributed by atoms with Gasteiger partial charge in [0.15, 0.2) is 18.1 Å². The Morgan fingerprint density at radius 2 is 1.60 bits per heavy atom. The predicted octanol–water partition coefficient (Wildman–Crippen LogP) is -0.148. The van der Waals surface area contributed by atoms with Gasteiger partial charge >= 0.3 is 17.9 Å². The normalized spacial score (nSPS) is 24.8. The maximum Gasteiger partial charge on any atom is 0.305 e. The van der Waals surface area contributed by atoms with Crippen molar-refractivity contribution >= 4 is 24.2 Å². The van der Waals surface area contributed by atoms with E-state index in [2.05, 4.69) is 0 Å². The molecule has 0 amide bonds. The van der Waals surface area contributed by atoms with Gasteiger partial charge in [0.05, 0.1) is 0 Å². The van der Waals surface area contributed by atoms with Crippen LogP contribution in [0.25, 0.3) is 0 Å². The van der Waals surface area contributed by atoms with E-state index in [9.17, 15) is 19.2 Å². The Morgan fingerprint density at radius 3 is 2.05 bits per heavy atom. The molecule has 0 unspecified atom stereocenters. The zero-order valence-corrected chi connectivity index (χ0v) is 11.2. The summed E-state index contributed by atoms with van der Waals surface area (Å²) in [6.45, 7) is 3.40. The van der Waals surface area contributed by atoms with Crippen molar-refractivity contribution in [3.8, 4) is 0 Å². The molecule has 1 rings (SSSR count). The molecule has 0 aromatic heterocycles. The van der Waals surface area contributed by atoms with E-state index in [1.54, 1.807) is 0 Å². The largest absolute Gasteiger partial charge is 0.454 e. The van der Waals surface area contributed by atoms with Gasteiger partial charge in [-0.3, -0.25) is 19.2 Å². The average molecular weight is 286 g/mol. The Bertz CT molecular complexity index is 452. The van der Waals surface area contributed by atoms with Crippen LogP contribution in [0.5, 0.6) is 0 Å². The van der Waals surface area contributed by atoms with Crippen LogP contribution in [0, 0.1) is 0 Å². The van der Waals surface area contributed by atoms with Gasteiger partial charge in [-0.15, -0.1) is 0 Å². The molecule has 20 heavy (non-hydrogen) atoms. The van der Waals surface area contributed by atoms with Crippen molar-refractivity contribution in [2.24, 2.45) is 0 Å². The summed E-state index contributed by atoms with van der Waals surface area (Å²) in [5.74, 6) is -2.24. The van der Waals surface area contributed by atoms with Crippen molar-refractivity contribution in [3.63, 3.8) is 0 Å². The summed E-state index contributed by atoms with van der Waals surface area (Å²) >= 11 is 0. The van der Waals surface area contributed by atoms with Crippen molar-refractivity contribution in [1.29, 1.82) is 0 Å². The quantitative estimate of drug-likeness (QED) is 0.399. The molecule has 0 saturated heterocycles. The summed E-state index contributed by atoms with van der Waals surface area (Å²) in [6.07, 6.45) is -2.12. The lowest BCUT2D eigenvalue weighted by Gasteiger charge is -2.33. The number of carbonyl (C=O) groups excluding carboxylic acids is 4. The van der Waals surface area contributed by atoms with Gasteiger partial charge in [0.25, 0.3) is 6.29 Å². The highest BCUT2D eigenvalue weighted by Gasteiger charge is 2.41. The third kappa shape index (κ3) is 4.38. The minimum atomic E-state index is -1.37. The van der Waals surface area contributed by atoms with Gasteiger partial charge in [0, 0.05) is 26.8 Å². The van der Waals surface area contributed by atoms with E-state index in [0.717, 1.165) is 20.8 Å². The van der Waals surface area contributed by atoms with Crippen LogP contribution in [0.4, 0.5) is 0 Å². The van der Waals surface area contributed by atoms with Crippen LogP contribution in [0.1, 0.15) is 20.8 Å². The SMILES string of the molecule is CC(=O)O[C@H]1OC(C=O)=C[C@H](OC(C)=O)[C@@H]1OC(C)=O. The van der Waals surface area contributed by atoms with Crippen molar-refractivity contribution in [1.82, 2.24) is 0 Å². The Morgan fingerprint density at radius 1 is 1.05 bits per heavy atom. The first-order valence-corrected chi connectivity index (χ1v) is 5.68. The van der Waals surface area contributed by atoms with Crippen LogP contribution in [0.15, 0.2) is 11.8 Å². The lowest BCUT2D eigenvalue weighted by Crippen LogP contribution is -2.48. The standard InChI is InChI=1S/C12H14O8/c1-6(14)17-10-4-9(5-13)20-12(19-8(3)16)11(10)18-7(2)15/h4-5,10-12H,1-3H3/t10-,11-,12-/m0/s1. The van der Waals surface area contributed by atoms with E-state index >= 15 is 0 Å². The minimum absolute atomic E-state index is 0.189. The highest BCUT2D eigenvalue weighted by Crippen LogP contribution is 2.23. The zero-order valence-electron chi connectivity index (χ0n) is 11.2. The van der Waals surface area contributed by atoms with E-state index in [0.29, 0.717) is 6.29 Å². The molecule has 0 aliphatic carbocycles. The fourth-order valence-electron chi connectivity index (χ4n) is 1.58. The second-order valence-electron chi connectivity index (χ2n) is 3.93. The van der Waals surface area contributed by atoms with E-state index in [1.165, 1.54) is 6.08 Å². The second kappa shape index (κ2) is 6.69. The lowest BCUT2D eigenvalue weighted by molar-refractivity contribution is -0.221. The number of hydrogen-bond donors (Lipinski definition) is 0. The topological polar surface area (TPSA) is 105 Å². The maximum atomic E-state index is 11.1. The first kappa shape index (κ1) is 15.7. The Kier molecular flexibility index (Phi) is 5.24. The maximum absolute atomic E-state index is 11.1. The minimum Gasteiger partial charge on any atom is -0.454 e. The molecule has 0 saturated carbocycles. The molecule has 0 bridgehead atoms. The molecule has 3 atom stereocenters. The van der Waals surface area contributed by atoms with Gasteiger partial charge in [0.2, 0.25) is 6.10 Å². The van der Waals surface area contributed by atoms with Crippen LogP contribution < -0.4 is 0 Å². The molecular weight excluding hydrogens is 272 g/mol. The molecule has 1 aliphatic heterocycles. The second-order valence-corrected chi connectivity index (χ2v) is 3.93. The summed E-state index contributed by atoms with van der Waals surface area (Å²) < 4.78 is 19.7. The highest BCUT2D eigenvalue weighted by molar-refractivity contribution is 5.72. The molecule has 8 nitrogen and oxygen atoms in total. The Hall–Kier alpha value is -2.38. The molecule has 0 spiro atoms. The van der Waals surface area contributed by atoms with Gasteiger partial charge in [-0.1, -0.05) is 0 Å². The van der Waals surface area contributed by atoms with Crippen molar-refractivity contribution in [2.45, 2.75) is 39.3 Å². The fraction of sp³-hybridized carbons (Fsp3) is 0.500. The number of ether oxygens (including phenoxy) is 4. The molecule has 8 heteroatoms. The van der Waals surface area contributed by atoms with Gasteiger partial charge in [-0.2, -0.15) is 0 Å². The molecule has 1 aliphatic rings. The first-order chi connectivity index (χ1) is 9.33. The van der Waals surface area contributed by atoms with E-state index in [4.69, 9.17) is 18.9 Å². The number of aldehydes is 1. The van der Waals surface area contributed by atoms with Crippen LogP contribution in [0.2, 0.25) is 0 Å². The molecule has 110 valence electrons. The third-order valence-electron chi connectivity index (χ3n) is 2.18. The van der Waals surface area contributed by atoms with E-state index < -0.39 is 36.4 Å². The van der Waals surface area contributed by atoms with Crippen LogP contribution in [-0.2, 0) is 38.1 Å². The number of allylic oxidation sites excluding steroid dienone is 1. The van der Waals surface area contributed by atoms with E-state index in [1.807, 2.05) is 0 Å². The average Bonchev–Trinajstić information content (AvgIpc) is 2.30. The summed E-state index contributed by atoms with van der Waals surface area (Å²) in [4.78, 5) is 43.9. The number of esters is 3. The van der Waals surface area contributed by atoms with Gasteiger partial charge < -0.3 is 18.9 Å². The molecule has 0 aromatic rings. The molecule has 0 fully saturated rings. The summed E-state index contributed by atoms with van der Waals surface area (Å²) in [7, 11) is 0. The zero-order chi connectivity index (χ0) is 15.3. The summed E-state index contributed by atoms with van der Waals surface area (Å²) in [5.41, 5.74) is 0. The summed E-state index contributed by atoms with van der Waals surface area (Å²) in [5, 5.41) is 0. The van der Waals surface area contributed by atoms with Gasteiger partial charge in [0.1, 0.15) is 0 Å². The Labute approximate surface area is 114 Å². The third-order valence-corrected chi connectivity index (χ3v) is 2.18. The van der Waals surface area contributed by atoms with E-state index in [-0.39, 0.29) is 5.76 Å². The van der Waals surface area contributed by atoms with Gasteiger partial charge in [-0.05, 0) is 0 Å². The number of rotatable bonds is 4. The number of carbonyl (C=O) groups is 4. The molecular formula is C12H14O8.